The fourth-order valence-electron chi connectivity index (χ4n) is 3.36. The lowest BCUT2D eigenvalue weighted by atomic mass is 10.2. The van der Waals surface area contributed by atoms with E-state index in [2.05, 4.69) is 30.2 Å². The Morgan fingerprint density at radius 1 is 1.24 bits per heavy atom. The van der Waals surface area contributed by atoms with E-state index in [0.29, 0.717) is 33.4 Å². The van der Waals surface area contributed by atoms with Gasteiger partial charge in [0.1, 0.15) is 22.9 Å². The first-order valence-corrected chi connectivity index (χ1v) is 11.9. The van der Waals surface area contributed by atoms with E-state index in [1.165, 1.54) is 24.8 Å². The smallest absolute Gasteiger partial charge is 0.258 e. The molecule has 2 N–H and O–H groups in total. The zero-order chi connectivity index (χ0) is 23.4. The highest BCUT2D eigenvalue weighted by atomic mass is 35.5. The van der Waals surface area contributed by atoms with E-state index in [4.69, 9.17) is 27.9 Å². The van der Waals surface area contributed by atoms with Gasteiger partial charge in [0, 0.05) is 30.9 Å². The molecule has 4 aromatic rings. The highest BCUT2D eigenvalue weighted by Crippen LogP contribution is 2.40. The second-order valence-corrected chi connectivity index (χ2v) is 8.97. The minimum absolute atomic E-state index is 0.244. The lowest BCUT2D eigenvalue weighted by Crippen LogP contribution is -2.13. The van der Waals surface area contributed by atoms with Gasteiger partial charge in [0.05, 0.1) is 39.9 Å². The predicted molar refractivity (Wildman–Crippen MR) is 133 cm³/mol. The summed E-state index contributed by atoms with van der Waals surface area (Å²) in [6, 6.07) is 1.72. The van der Waals surface area contributed by atoms with Crippen LogP contribution in [0.25, 0.3) is 10.2 Å². The number of hydrogen-bond donors (Lipinski definition) is 2. The van der Waals surface area contributed by atoms with Gasteiger partial charge in [-0.25, -0.2) is 15.0 Å². The molecule has 0 radical (unpaired) electrons. The normalized spacial score (nSPS) is 11.0. The number of anilines is 2. The molecule has 0 aliphatic rings. The average molecular weight is 505 g/mol. The molecule has 172 valence electrons. The van der Waals surface area contributed by atoms with Gasteiger partial charge in [0.25, 0.3) is 5.91 Å². The van der Waals surface area contributed by atoms with Crippen LogP contribution in [0.15, 0.2) is 36.5 Å². The molecule has 33 heavy (non-hydrogen) atoms. The minimum atomic E-state index is -0.359. The molecule has 0 aliphatic heterocycles. The van der Waals surface area contributed by atoms with E-state index >= 15 is 0 Å². The number of nitrogens with one attached hydrogen (secondary N) is 2. The number of halogens is 2. The first kappa shape index (κ1) is 23.3. The van der Waals surface area contributed by atoms with Crippen LogP contribution in [-0.2, 0) is 6.54 Å². The monoisotopic (exact) mass is 504 g/mol. The number of thiophene rings is 1. The maximum Gasteiger partial charge on any atom is 0.258 e. The highest BCUT2D eigenvalue weighted by Gasteiger charge is 2.21. The number of aromatic nitrogens is 4. The Morgan fingerprint density at radius 2 is 2.09 bits per heavy atom. The van der Waals surface area contributed by atoms with Crippen LogP contribution in [0, 0.1) is 6.92 Å². The summed E-state index contributed by atoms with van der Waals surface area (Å²) in [4.78, 5) is 25.8. The fourth-order valence-corrected chi connectivity index (χ4v) is 4.85. The van der Waals surface area contributed by atoms with E-state index in [-0.39, 0.29) is 10.9 Å². The summed E-state index contributed by atoms with van der Waals surface area (Å²) in [6.45, 7) is 3.49. The van der Waals surface area contributed by atoms with E-state index in [0.717, 1.165) is 36.2 Å². The molecule has 1 amide bonds. The number of fused-ring (bicyclic) bond motifs is 1. The van der Waals surface area contributed by atoms with Crippen molar-refractivity contribution in [2.45, 2.75) is 26.3 Å². The number of methoxy groups -OCH3 is 1. The first-order chi connectivity index (χ1) is 16.0. The van der Waals surface area contributed by atoms with Gasteiger partial charge < -0.3 is 19.9 Å². The molecule has 0 bridgehead atoms. The summed E-state index contributed by atoms with van der Waals surface area (Å²) in [5.41, 5.74) is 2.04. The minimum Gasteiger partial charge on any atom is -0.495 e. The summed E-state index contributed by atoms with van der Waals surface area (Å²) >= 11 is 14.2. The lowest BCUT2D eigenvalue weighted by molar-refractivity contribution is 0.102. The van der Waals surface area contributed by atoms with Crippen LogP contribution in [-0.4, -0.2) is 39.1 Å². The van der Waals surface area contributed by atoms with Crippen molar-refractivity contribution in [1.82, 2.24) is 19.5 Å². The Hall–Kier alpha value is -2.88. The molecule has 0 saturated heterocycles. The van der Waals surface area contributed by atoms with Gasteiger partial charge in [-0.15, -0.1) is 11.3 Å². The Kier molecular flexibility index (Phi) is 7.32. The number of unbranched alkanes of at least 4 members (excludes halogenated alkanes) is 1. The van der Waals surface area contributed by atoms with Crippen molar-refractivity contribution in [1.29, 1.82) is 0 Å². The zero-order valence-corrected chi connectivity index (χ0v) is 20.4. The highest BCUT2D eigenvalue weighted by molar-refractivity contribution is 7.18. The van der Waals surface area contributed by atoms with Crippen molar-refractivity contribution in [3.8, 4) is 5.75 Å². The second kappa shape index (κ2) is 10.4. The molecule has 0 aliphatic carbocycles. The van der Waals surface area contributed by atoms with Gasteiger partial charge in [0.2, 0.25) is 0 Å². The van der Waals surface area contributed by atoms with Crippen molar-refractivity contribution < 1.29 is 9.53 Å². The summed E-state index contributed by atoms with van der Waals surface area (Å²) in [7, 11) is 1.51. The van der Waals surface area contributed by atoms with Gasteiger partial charge in [-0.3, -0.25) is 4.79 Å². The van der Waals surface area contributed by atoms with E-state index in [1.54, 1.807) is 17.6 Å². The summed E-state index contributed by atoms with van der Waals surface area (Å²) in [6.07, 6.45) is 8.97. The molecule has 0 saturated carbocycles. The number of imidazole rings is 1. The summed E-state index contributed by atoms with van der Waals surface area (Å²) in [5.74, 6) is 0.786. The average Bonchev–Trinajstić information content (AvgIpc) is 3.49. The van der Waals surface area contributed by atoms with Gasteiger partial charge in [0.15, 0.2) is 0 Å². The molecule has 0 atom stereocenters. The number of amides is 1. The topological polar surface area (TPSA) is 94.0 Å². The maximum atomic E-state index is 13.1. The molecule has 4 rings (SSSR count). The third kappa shape index (κ3) is 5.05. The number of ether oxygens (including phenoxy) is 1. The second-order valence-electron chi connectivity index (χ2n) is 7.34. The summed E-state index contributed by atoms with van der Waals surface area (Å²) < 4.78 is 8.15. The van der Waals surface area contributed by atoms with Crippen LogP contribution >= 0.6 is 34.5 Å². The molecule has 3 aromatic heterocycles. The Labute approximate surface area is 204 Å². The van der Waals surface area contributed by atoms with E-state index in [1.807, 2.05) is 19.4 Å². The van der Waals surface area contributed by atoms with Crippen LogP contribution in [0.4, 0.5) is 11.5 Å². The molecule has 0 spiro atoms. The number of benzene rings is 1. The van der Waals surface area contributed by atoms with Crippen LogP contribution in [0.2, 0.25) is 10.0 Å². The molecular formula is C22H22Cl2N6O2S. The maximum absolute atomic E-state index is 13.1. The fraction of sp³-hybridized carbons (Fsp3) is 0.273. The van der Waals surface area contributed by atoms with Crippen LogP contribution < -0.4 is 15.4 Å². The van der Waals surface area contributed by atoms with Crippen LogP contribution in [0.3, 0.4) is 0 Å². The first-order valence-electron chi connectivity index (χ1n) is 10.2. The zero-order valence-electron chi connectivity index (χ0n) is 18.1. The SMILES string of the molecule is COc1cc(C)c(Cl)c(NC(=O)c2csc3c(NCCCCn4ccnc4)ncnc23)c1Cl. The molecule has 11 heteroatoms. The largest absolute Gasteiger partial charge is 0.495 e. The van der Waals surface area contributed by atoms with E-state index < -0.39 is 0 Å². The standard InChI is InChI=1S/C22H22Cl2N6O2S/c1-13-9-15(32-2)17(24)19(16(13)23)29-22(31)14-10-33-20-18(14)27-11-28-21(20)26-5-3-4-7-30-8-6-25-12-30/h6,8-12H,3-5,7H2,1-2H3,(H,29,31)(H,26,27,28). The Balaban J connectivity index is 1.47. The molecule has 0 unspecified atom stereocenters. The van der Waals surface area contributed by atoms with Crippen molar-refractivity contribution in [3.05, 3.63) is 57.7 Å². The van der Waals surface area contributed by atoms with Gasteiger partial charge in [-0.1, -0.05) is 23.2 Å². The molecule has 3 heterocycles. The molecule has 8 nitrogen and oxygen atoms in total. The van der Waals surface area contributed by atoms with Gasteiger partial charge >= 0.3 is 0 Å². The molecular weight excluding hydrogens is 483 g/mol. The Bertz CT molecular complexity index is 1280. The lowest BCUT2D eigenvalue weighted by Gasteiger charge is -2.14. The number of nitrogens with zero attached hydrogens (tertiary/aromatic N) is 4. The van der Waals surface area contributed by atoms with Crippen LogP contribution in [0.1, 0.15) is 28.8 Å². The van der Waals surface area contributed by atoms with E-state index in [9.17, 15) is 4.79 Å². The van der Waals surface area contributed by atoms with Crippen molar-refractivity contribution >= 4 is 62.2 Å². The van der Waals surface area contributed by atoms with Crippen molar-refractivity contribution in [3.63, 3.8) is 0 Å². The number of hydrogen-bond acceptors (Lipinski definition) is 7. The summed E-state index contributed by atoms with van der Waals surface area (Å²) in [5, 5.41) is 8.54. The van der Waals surface area contributed by atoms with Gasteiger partial charge in [-0.2, -0.15) is 0 Å². The third-order valence-electron chi connectivity index (χ3n) is 5.10. The number of carbonyl (C=O) groups excluding carboxylic acids is 1. The van der Waals surface area contributed by atoms with Crippen LogP contribution in [0.5, 0.6) is 5.75 Å². The third-order valence-corrected chi connectivity index (χ3v) is 6.94. The number of carbonyl (C=O) groups is 1. The van der Waals surface area contributed by atoms with Crippen molar-refractivity contribution in [2.75, 3.05) is 24.3 Å². The van der Waals surface area contributed by atoms with Gasteiger partial charge in [-0.05, 0) is 31.4 Å². The molecule has 1 aromatic carbocycles. The molecule has 0 fully saturated rings. The predicted octanol–water partition coefficient (Wildman–Crippen LogP) is 5.66. The number of rotatable bonds is 9. The quantitative estimate of drug-likeness (QED) is 0.285. The van der Waals surface area contributed by atoms with Crippen molar-refractivity contribution in [2.24, 2.45) is 0 Å². The number of aryl methyl sites for hydroxylation is 2. The Morgan fingerprint density at radius 3 is 2.85 bits per heavy atom.